The van der Waals surface area contributed by atoms with Crippen LogP contribution in [0.1, 0.15) is 20.3 Å². The summed E-state index contributed by atoms with van der Waals surface area (Å²) in [7, 11) is 0. The number of aliphatic hydroxyl groups excluding tert-OH is 1. The molecule has 0 aromatic heterocycles. The molecule has 0 unspecified atom stereocenters. The minimum absolute atomic E-state index is 0.0677. The smallest absolute Gasteiger partial charge is 0.338 e. The number of carbonyl (C=O) groups excluding carboxylic acids is 1. The zero-order valence-electron chi connectivity index (χ0n) is 7.20. The minimum Gasteiger partial charge on any atom is -0.508 e. The van der Waals surface area contributed by atoms with Crippen LogP contribution in [0, 0.1) is 0 Å². The summed E-state index contributed by atoms with van der Waals surface area (Å²) >= 11 is 0. The van der Waals surface area contributed by atoms with Crippen molar-refractivity contribution >= 4 is 5.97 Å². The number of rotatable bonds is 2. The number of esters is 1. The molecule has 0 saturated carbocycles. The number of carbonyl (C=O) groups is 1. The van der Waals surface area contributed by atoms with Crippen LogP contribution in [0.2, 0.25) is 0 Å². The first kappa shape index (κ1) is 8.84. The van der Waals surface area contributed by atoms with E-state index in [1.165, 1.54) is 0 Å². The largest absolute Gasteiger partial charge is 0.508 e. The van der Waals surface area contributed by atoms with E-state index in [-0.39, 0.29) is 5.76 Å². The van der Waals surface area contributed by atoms with Crippen LogP contribution in [0.25, 0.3) is 0 Å². The summed E-state index contributed by atoms with van der Waals surface area (Å²) in [6.45, 7) is 3.51. The van der Waals surface area contributed by atoms with E-state index in [1.54, 1.807) is 6.92 Å². The number of cyclic esters (lactones) is 1. The SMILES string of the molecule is CC=CCC1=C(O)[C@H](C)OC1=O. The second-order valence-electron chi connectivity index (χ2n) is 2.68. The van der Waals surface area contributed by atoms with Crippen molar-refractivity contribution < 1.29 is 14.6 Å². The molecule has 0 aliphatic carbocycles. The zero-order valence-corrected chi connectivity index (χ0v) is 7.20. The number of ether oxygens (including phenoxy) is 1. The Morgan fingerprint density at radius 3 is 2.75 bits per heavy atom. The van der Waals surface area contributed by atoms with Gasteiger partial charge < -0.3 is 9.84 Å². The lowest BCUT2D eigenvalue weighted by Gasteiger charge is -1.99. The van der Waals surface area contributed by atoms with Gasteiger partial charge in [-0.05, 0) is 13.8 Å². The average Bonchev–Trinajstić information content (AvgIpc) is 2.25. The minimum atomic E-state index is -0.474. The highest BCUT2D eigenvalue weighted by atomic mass is 16.6. The van der Waals surface area contributed by atoms with Gasteiger partial charge in [0.15, 0.2) is 6.10 Å². The van der Waals surface area contributed by atoms with Crippen molar-refractivity contribution in [2.24, 2.45) is 0 Å². The molecule has 12 heavy (non-hydrogen) atoms. The number of hydrogen-bond donors (Lipinski definition) is 1. The first-order valence-corrected chi connectivity index (χ1v) is 3.91. The van der Waals surface area contributed by atoms with E-state index in [9.17, 15) is 9.90 Å². The van der Waals surface area contributed by atoms with E-state index in [4.69, 9.17) is 4.74 Å². The van der Waals surface area contributed by atoms with E-state index in [1.807, 2.05) is 19.1 Å². The quantitative estimate of drug-likeness (QED) is 0.504. The van der Waals surface area contributed by atoms with Gasteiger partial charge in [-0.1, -0.05) is 12.2 Å². The molecule has 1 rings (SSSR count). The van der Waals surface area contributed by atoms with Crippen LogP contribution in [-0.2, 0) is 9.53 Å². The third-order valence-corrected chi connectivity index (χ3v) is 1.78. The first-order chi connectivity index (χ1) is 5.66. The molecular weight excluding hydrogens is 156 g/mol. The summed E-state index contributed by atoms with van der Waals surface area (Å²) < 4.78 is 4.79. The van der Waals surface area contributed by atoms with Gasteiger partial charge in [-0.3, -0.25) is 0 Å². The van der Waals surface area contributed by atoms with Crippen molar-refractivity contribution in [3.63, 3.8) is 0 Å². The van der Waals surface area contributed by atoms with Crippen LogP contribution < -0.4 is 0 Å². The van der Waals surface area contributed by atoms with Crippen LogP contribution in [0.15, 0.2) is 23.5 Å². The highest BCUT2D eigenvalue weighted by Crippen LogP contribution is 2.22. The van der Waals surface area contributed by atoms with Gasteiger partial charge in [-0.15, -0.1) is 0 Å². The van der Waals surface area contributed by atoms with Crippen molar-refractivity contribution in [1.82, 2.24) is 0 Å². The highest BCUT2D eigenvalue weighted by Gasteiger charge is 2.29. The Kier molecular flexibility index (Phi) is 2.53. The van der Waals surface area contributed by atoms with E-state index in [0.717, 1.165) is 0 Å². The molecule has 1 aliphatic rings. The third-order valence-electron chi connectivity index (χ3n) is 1.78. The van der Waals surface area contributed by atoms with Gasteiger partial charge in [0.1, 0.15) is 5.76 Å². The van der Waals surface area contributed by atoms with Crippen molar-refractivity contribution in [2.45, 2.75) is 26.4 Å². The third kappa shape index (κ3) is 1.49. The van der Waals surface area contributed by atoms with Gasteiger partial charge in [-0.25, -0.2) is 4.79 Å². The second kappa shape index (κ2) is 3.43. The second-order valence-corrected chi connectivity index (χ2v) is 2.68. The van der Waals surface area contributed by atoms with E-state index in [0.29, 0.717) is 12.0 Å². The lowest BCUT2D eigenvalue weighted by molar-refractivity contribution is -0.139. The molecule has 0 amide bonds. The standard InChI is InChI=1S/C9H12O3/c1-3-4-5-7-8(10)6(2)12-9(7)11/h3-4,6,10H,5H2,1-2H3/t6-/m0/s1. The predicted molar refractivity (Wildman–Crippen MR) is 44.6 cm³/mol. The number of aliphatic hydroxyl groups is 1. The fourth-order valence-corrected chi connectivity index (χ4v) is 1.06. The van der Waals surface area contributed by atoms with Gasteiger partial charge in [-0.2, -0.15) is 0 Å². The molecule has 0 saturated heterocycles. The van der Waals surface area contributed by atoms with Gasteiger partial charge >= 0.3 is 5.97 Å². The summed E-state index contributed by atoms with van der Waals surface area (Å²) in [5.74, 6) is -0.337. The molecule has 1 heterocycles. The van der Waals surface area contributed by atoms with Crippen LogP contribution in [0.3, 0.4) is 0 Å². The molecule has 3 heteroatoms. The highest BCUT2D eigenvalue weighted by molar-refractivity contribution is 5.91. The Morgan fingerprint density at radius 1 is 1.67 bits per heavy atom. The summed E-state index contributed by atoms with van der Waals surface area (Å²) in [6, 6.07) is 0. The predicted octanol–water partition coefficient (Wildman–Crippen LogP) is 1.71. The molecule has 1 N–H and O–H groups in total. The molecule has 0 bridgehead atoms. The molecular formula is C9H12O3. The topological polar surface area (TPSA) is 46.5 Å². The van der Waals surface area contributed by atoms with Crippen molar-refractivity contribution in [2.75, 3.05) is 0 Å². The average molecular weight is 168 g/mol. The van der Waals surface area contributed by atoms with Crippen LogP contribution in [-0.4, -0.2) is 17.2 Å². The molecule has 0 fully saturated rings. The summed E-state index contributed by atoms with van der Waals surface area (Å²) in [4.78, 5) is 11.0. The molecule has 0 aromatic rings. The normalized spacial score (nSPS) is 23.8. The van der Waals surface area contributed by atoms with Crippen molar-refractivity contribution in [3.05, 3.63) is 23.5 Å². The van der Waals surface area contributed by atoms with Crippen molar-refractivity contribution in [3.8, 4) is 0 Å². The van der Waals surface area contributed by atoms with Crippen LogP contribution in [0.4, 0.5) is 0 Å². The van der Waals surface area contributed by atoms with Gasteiger partial charge in [0.2, 0.25) is 0 Å². The van der Waals surface area contributed by atoms with Crippen LogP contribution >= 0.6 is 0 Å². The Labute approximate surface area is 71.3 Å². The molecule has 0 aromatic carbocycles. The summed E-state index contributed by atoms with van der Waals surface area (Å²) in [6.07, 6.45) is 3.62. The molecule has 1 aliphatic heterocycles. The zero-order chi connectivity index (χ0) is 9.14. The van der Waals surface area contributed by atoms with E-state index >= 15 is 0 Å². The molecule has 3 nitrogen and oxygen atoms in total. The lowest BCUT2D eigenvalue weighted by atomic mass is 10.1. The van der Waals surface area contributed by atoms with E-state index in [2.05, 4.69) is 0 Å². The summed E-state index contributed by atoms with van der Waals surface area (Å²) in [5, 5.41) is 9.35. The molecule has 0 spiro atoms. The Balaban J connectivity index is 2.78. The monoisotopic (exact) mass is 168 g/mol. The first-order valence-electron chi connectivity index (χ1n) is 3.91. The maximum absolute atomic E-state index is 11.0. The number of allylic oxidation sites excluding steroid dienone is 2. The van der Waals surface area contributed by atoms with Gasteiger partial charge in [0, 0.05) is 6.42 Å². The lowest BCUT2D eigenvalue weighted by Crippen LogP contribution is -2.05. The van der Waals surface area contributed by atoms with Crippen molar-refractivity contribution in [1.29, 1.82) is 0 Å². The Morgan fingerprint density at radius 2 is 2.33 bits per heavy atom. The Hall–Kier alpha value is -1.25. The molecule has 0 radical (unpaired) electrons. The molecule has 1 atom stereocenters. The molecule has 66 valence electrons. The fourth-order valence-electron chi connectivity index (χ4n) is 1.06. The van der Waals surface area contributed by atoms with E-state index < -0.39 is 12.1 Å². The number of hydrogen-bond acceptors (Lipinski definition) is 3. The van der Waals surface area contributed by atoms with Gasteiger partial charge in [0.25, 0.3) is 0 Å². The maximum atomic E-state index is 11.0. The van der Waals surface area contributed by atoms with Crippen LogP contribution in [0.5, 0.6) is 0 Å². The fraction of sp³-hybridized carbons (Fsp3) is 0.444. The Bertz CT molecular complexity index is 250. The maximum Gasteiger partial charge on any atom is 0.338 e. The van der Waals surface area contributed by atoms with Gasteiger partial charge in [0.05, 0.1) is 5.57 Å². The summed E-state index contributed by atoms with van der Waals surface area (Å²) in [5.41, 5.74) is 0.376.